The second kappa shape index (κ2) is 8.09. The van der Waals surface area contributed by atoms with Crippen molar-refractivity contribution in [2.24, 2.45) is 5.92 Å². The molecule has 1 saturated heterocycles. The highest BCUT2D eigenvalue weighted by atomic mass is 35.5. The minimum absolute atomic E-state index is 0. The van der Waals surface area contributed by atoms with E-state index in [9.17, 15) is 18.0 Å². The molecule has 0 saturated carbocycles. The van der Waals surface area contributed by atoms with Gasteiger partial charge in [0.2, 0.25) is 5.91 Å². The Morgan fingerprint density at radius 2 is 1.96 bits per heavy atom. The summed E-state index contributed by atoms with van der Waals surface area (Å²) in [6, 6.07) is 7.39. The number of nitrogens with zero attached hydrogens (tertiary/aromatic N) is 2. The molecule has 142 valence electrons. The number of amides is 1. The number of halogens is 4. The molecule has 0 radical (unpaired) electrons. The fourth-order valence-electron chi connectivity index (χ4n) is 3.02. The highest BCUT2D eigenvalue weighted by Gasteiger charge is 2.35. The van der Waals surface area contributed by atoms with Gasteiger partial charge in [-0.15, -0.1) is 12.4 Å². The summed E-state index contributed by atoms with van der Waals surface area (Å²) >= 11 is 0. The molecule has 3 rings (SSSR count). The number of carbonyl (C=O) groups excluding carboxylic acids is 1. The van der Waals surface area contributed by atoms with E-state index in [1.807, 2.05) is 6.92 Å². The van der Waals surface area contributed by atoms with Gasteiger partial charge in [0.15, 0.2) is 0 Å². The molecule has 1 aliphatic rings. The van der Waals surface area contributed by atoms with E-state index in [1.54, 1.807) is 12.1 Å². The van der Waals surface area contributed by atoms with Gasteiger partial charge in [-0.3, -0.25) is 4.79 Å². The lowest BCUT2D eigenvalue weighted by molar-refractivity contribution is -0.142. The summed E-state index contributed by atoms with van der Waals surface area (Å²) in [6.45, 7) is 2.84. The molecular formula is C17H20ClF3N4O. The molecule has 0 bridgehead atoms. The lowest BCUT2D eigenvalue weighted by atomic mass is 9.92. The number of nitrogens with one attached hydrogen (secondary N) is 2. The van der Waals surface area contributed by atoms with Gasteiger partial charge < -0.3 is 10.6 Å². The summed E-state index contributed by atoms with van der Waals surface area (Å²) < 4.78 is 39.6. The van der Waals surface area contributed by atoms with Crippen LogP contribution < -0.4 is 10.6 Å². The van der Waals surface area contributed by atoms with Crippen LogP contribution >= 0.6 is 12.4 Å². The van der Waals surface area contributed by atoms with Crippen LogP contribution in [0.1, 0.15) is 25.5 Å². The number of anilines is 1. The van der Waals surface area contributed by atoms with E-state index >= 15 is 0 Å². The Bertz CT molecular complexity index is 745. The maximum Gasteiger partial charge on any atom is 0.433 e. The largest absolute Gasteiger partial charge is 0.433 e. The van der Waals surface area contributed by atoms with Gasteiger partial charge in [-0.2, -0.15) is 18.3 Å². The fourth-order valence-corrected chi connectivity index (χ4v) is 3.02. The minimum Gasteiger partial charge on any atom is -0.326 e. The molecule has 2 N–H and O–H groups in total. The molecule has 1 aromatic heterocycles. The molecule has 0 aliphatic carbocycles. The van der Waals surface area contributed by atoms with Crippen molar-refractivity contribution in [3.63, 3.8) is 0 Å². The van der Waals surface area contributed by atoms with Gasteiger partial charge in [0.05, 0.1) is 11.9 Å². The fraction of sp³-hybridized carbons (Fsp3) is 0.412. The third-order valence-corrected chi connectivity index (χ3v) is 4.31. The van der Waals surface area contributed by atoms with Crippen LogP contribution in [-0.4, -0.2) is 28.3 Å². The van der Waals surface area contributed by atoms with Crippen molar-refractivity contribution >= 4 is 24.0 Å². The molecule has 2 atom stereocenters. The Hall–Kier alpha value is -2.06. The van der Waals surface area contributed by atoms with Gasteiger partial charge >= 0.3 is 6.18 Å². The zero-order chi connectivity index (χ0) is 18.0. The van der Waals surface area contributed by atoms with Gasteiger partial charge in [0.25, 0.3) is 0 Å². The first-order chi connectivity index (χ1) is 11.8. The van der Waals surface area contributed by atoms with E-state index in [0.717, 1.165) is 36.3 Å². The summed E-state index contributed by atoms with van der Waals surface area (Å²) in [7, 11) is 0. The van der Waals surface area contributed by atoms with Crippen LogP contribution in [0.15, 0.2) is 36.5 Å². The molecule has 1 amide bonds. The molecule has 1 aliphatic heterocycles. The first kappa shape index (κ1) is 20.3. The summed E-state index contributed by atoms with van der Waals surface area (Å²) in [5, 5.41) is 9.85. The number of benzene rings is 1. The zero-order valence-corrected chi connectivity index (χ0v) is 14.9. The van der Waals surface area contributed by atoms with Crippen molar-refractivity contribution in [3.8, 4) is 5.69 Å². The number of alkyl halides is 3. The summed E-state index contributed by atoms with van der Waals surface area (Å²) in [4.78, 5) is 12.3. The van der Waals surface area contributed by atoms with Crippen LogP contribution in [0.5, 0.6) is 0 Å². The van der Waals surface area contributed by atoms with E-state index in [0.29, 0.717) is 11.7 Å². The Morgan fingerprint density at radius 1 is 1.27 bits per heavy atom. The number of aromatic nitrogens is 2. The highest BCUT2D eigenvalue weighted by Crippen LogP contribution is 2.30. The van der Waals surface area contributed by atoms with Crippen molar-refractivity contribution in [2.75, 3.05) is 11.9 Å². The van der Waals surface area contributed by atoms with Crippen LogP contribution in [-0.2, 0) is 11.0 Å². The maximum absolute atomic E-state index is 12.9. The third kappa shape index (κ3) is 4.56. The van der Waals surface area contributed by atoms with E-state index < -0.39 is 11.9 Å². The van der Waals surface area contributed by atoms with Crippen molar-refractivity contribution in [1.29, 1.82) is 0 Å². The van der Waals surface area contributed by atoms with Crippen LogP contribution in [0.4, 0.5) is 18.9 Å². The molecule has 2 heterocycles. The number of hydrogen-bond donors (Lipinski definition) is 2. The normalized spacial score (nSPS) is 20.3. The van der Waals surface area contributed by atoms with Gasteiger partial charge in [0.1, 0.15) is 5.69 Å². The SMILES string of the molecule is C[C@H]1C[C@@H](C(=O)Nc2ccc(-n3nccc3C(F)(F)F)cc2)CCN1.Cl. The molecule has 9 heteroatoms. The molecule has 1 aromatic carbocycles. The van der Waals surface area contributed by atoms with E-state index in [-0.39, 0.29) is 29.9 Å². The van der Waals surface area contributed by atoms with Gasteiger partial charge in [-0.1, -0.05) is 0 Å². The minimum atomic E-state index is -4.48. The van der Waals surface area contributed by atoms with Crippen LogP contribution in [0, 0.1) is 5.92 Å². The quantitative estimate of drug-likeness (QED) is 0.844. The molecule has 2 aromatic rings. The zero-order valence-electron chi connectivity index (χ0n) is 14.1. The van der Waals surface area contributed by atoms with E-state index in [2.05, 4.69) is 15.7 Å². The maximum atomic E-state index is 12.9. The second-order valence-corrected chi connectivity index (χ2v) is 6.24. The molecule has 5 nitrogen and oxygen atoms in total. The smallest absolute Gasteiger partial charge is 0.326 e. The predicted molar refractivity (Wildman–Crippen MR) is 94.6 cm³/mol. The molecule has 0 spiro atoms. The topological polar surface area (TPSA) is 59.0 Å². The van der Waals surface area contributed by atoms with Gasteiger partial charge in [-0.25, -0.2) is 4.68 Å². The monoisotopic (exact) mass is 388 g/mol. The first-order valence-corrected chi connectivity index (χ1v) is 8.10. The van der Waals surface area contributed by atoms with Crippen molar-refractivity contribution in [1.82, 2.24) is 15.1 Å². The average molecular weight is 389 g/mol. The molecule has 1 fully saturated rings. The second-order valence-electron chi connectivity index (χ2n) is 6.24. The molecule has 26 heavy (non-hydrogen) atoms. The average Bonchev–Trinajstić information content (AvgIpc) is 3.05. The van der Waals surface area contributed by atoms with Crippen LogP contribution in [0.3, 0.4) is 0 Å². The number of carbonyl (C=O) groups is 1. The summed E-state index contributed by atoms with van der Waals surface area (Å²) in [6.07, 6.45) is -1.82. The Morgan fingerprint density at radius 3 is 2.58 bits per heavy atom. The summed E-state index contributed by atoms with van der Waals surface area (Å²) in [5.41, 5.74) is -0.000517. The number of rotatable bonds is 3. The van der Waals surface area contributed by atoms with Crippen LogP contribution in [0.25, 0.3) is 5.69 Å². The lowest BCUT2D eigenvalue weighted by Gasteiger charge is -2.27. The number of piperidine rings is 1. The standard InChI is InChI=1S/C17H19F3N4O.ClH/c1-11-10-12(6-8-21-11)16(25)23-13-2-4-14(5-3-13)24-15(7-9-22-24)17(18,19)20;/h2-5,7,9,11-12,21H,6,8,10H2,1H3,(H,23,25);1H/t11-,12-;/m0./s1. The lowest BCUT2D eigenvalue weighted by Crippen LogP contribution is -2.40. The van der Waals surface area contributed by atoms with Gasteiger partial charge in [0, 0.05) is 17.6 Å². The Balaban J connectivity index is 0.00000243. The number of hydrogen-bond acceptors (Lipinski definition) is 3. The van der Waals surface area contributed by atoms with Crippen LogP contribution in [0.2, 0.25) is 0 Å². The van der Waals surface area contributed by atoms with Crippen molar-refractivity contribution in [2.45, 2.75) is 32.0 Å². The van der Waals surface area contributed by atoms with Crippen molar-refractivity contribution < 1.29 is 18.0 Å². The first-order valence-electron chi connectivity index (χ1n) is 8.10. The molecular weight excluding hydrogens is 369 g/mol. The van der Waals surface area contributed by atoms with E-state index in [4.69, 9.17) is 0 Å². The van der Waals surface area contributed by atoms with Crippen molar-refractivity contribution in [3.05, 3.63) is 42.2 Å². The predicted octanol–water partition coefficient (Wildman–Crippen LogP) is 3.64. The van der Waals surface area contributed by atoms with E-state index in [1.165, 1.54) is 12.1 Å². The highest BCUT2D eigenvalue weighted by molar-refractivity contribution is 5.92. The Kier molecular flexibility index (Phi) is 6.30. The third-order valence-electron chi connectivity index (χ3n) is 4.31. The molecule has 0 unspecified atom stereocenters. The Labute approximate surface area is 155 Å². The van der Waals surface area contributed by atoms with Gasteiger partial charge in [-0.05, 0) is 56.6 Å². The summed E-state index contributed by atoms with van der Waals surface area (Å²) in [5.74, 6) is -0.116.